The van der Waals surface area contributed by atoms with Crippen LogP contribution in [0.5, 0.6) is 0 Å². The highest BCUT2D eigenvalue weighted by Crippen LogP contribution is 2.24. The molecule has 136 valence electrons. The molecule has 3 aromatic rings. The first-order valence-corrected chi connectivity index (χ1v) is 9.14. The number of nitrogens with one attached hydrogen (secondary N) is 1. The van der Waals surface area contributed by atoms with Crippen molar-refractivity contribution < 1.29 is 9.59 Å². The molecule has 3 rings (SSSR count). The van der Waals surface area contributed by atoms with E-state index in [4.69, 9.17) is 11.6 Å². The summed E-state index contributed by atoms with van der Waals surface area (Å²) in [7, 11) is 0. The van der Waals surface area contributed by atoms with Crippen LogP contribution in [0.15, 0.2) is 72.8 Å². The minimum Gasteiger partial charge on any atom is -0.321 e. The summed E-state index contributed by atoms with van der Waals surface area (Å²) < 4.78 is 0. The maximum atomic E-state index is 12.8. The van der Waals surface area contributed by atoms with Crippen LogP contribution in [0.2, 0.25) is 5.02 Å². The van der Waals surface area contributed by atoms with Crippen molar-refractivity contribution in [1.82, 2.24) is 0 Å². The van der Waals surface area contributed by atoms with Gasteiger partial charge in [0.2, 0.25) is 0 Å². The van der Waals surface area contributed by atoms with Gasteiger partial charge < -0.3 is 5.32 Å². The molecular weight excluding hydrogens is 358 g/mol. The number of rotatable bonds is 5. The van der Waals surface area contributed by atoms with Crippen molar-refractivity contribution in [3.8, 4) is 0 Å². The first kappa shape index (κ1) is 18.9. The van der Waals surface area contributed by atoms with E-state index in [1.807, 2.05) is 18.2 Å². The van der Waals surface area contributed by atoms with Crippen LogP contribution in [0, 0.1) is 0 Å². The zero-order valence-electron chi connectivity index (χ0n) is 15.2. The molecule has 0 unspecified atom stereocenters. The van der Waals surface area contributed by atoms with E-state index in [-0.39, 0.29) is 11.7 Å². The van der Waals surface area contributed by atoms with Crippen molar-refractivity contribution in [2.24, 2.45) is 0 Å². The molecular formula is C23H20ClNO2. The predicted molar refractivity (Wildman–Crippen MR) is 110 cm³/mol. The van der Waals surface area contributed by atoms with Gasteiger partial charge in [-0.15, -0.1) is 0 Å². The summed E-state index contributed by atoms with van der Waals surface area (Å²) in [4.78, 5) is 25.5. The summed E-state index contributed by atoms with van der Waals surface area (Å²) in [6, 6.07) is 21.3. The number of hydrogen-bond acceptors (Lipinski definition) is 2. The molecule has 0 aliphatic carbocycles. The molecule has 4 heteroatoms. The Morgan fingerprint density at radius 3 is 2.15 bits per heavy atom. The molecule has 0 aliphatic heterocycles. The quantitative estimate of drug-likeness (QED) is 0.558. The average molecular weight is 378 g/mol. The fraction of sp³-hybridized carbons (Fsp3) is 0.130. The summed E-state index contributed by atoms with van der Waals surface area (Å²) in [5, 5.41) is 3.27. The van der Waals surface area contributed by atoms with Gasteiger partial charge in [-0.3, -0.25) is 9.59 Å². The molecule has 3 nitrogen and oxygen atoms in total. The van der Waals surface area contributed by atoms with Crippen LogP contribution < -0.4 is 5.32 Å². The number of halogens is 1. The fourth-order valence-electron chi connectivity index (χ4n) is 2.77. The highest BCUT2D eigenvalue weighted by atomic mass is 35.5. The van der Waals surface area contributed by atoms with E-state index >= 15 is 0 Å². The van der Waals surface area contributed by atoms with E-state index in [1.165, 1.54) is 0 Å². The maximum absolute atomic E-state index is 12.8. The van der Waals surface area contributed by atoms with Gasteiger partial charge in [0.15, 0.2) is 5.78 Å². The second-order valence-corrected chi connectivity index (χ2v) is 7.05. The minimum absolute atomic E-state index is 0.191. The number of anilines is 1. The molecule has 0 saturated carbocycles. The maximum Gasteiger partial charge on any atom is 0.255 e. The molecule has 27 heavy (non-hydrogen) atoms. The fourth-order valence-corrected chi connectivity index (χ4v) is 2.94. The molecule has 0 aliphatic rings. The number of benzene rings is 3. The normalized spacial score (nSPS) is 10.7. The van der Waals surface area contributed by atoms with E-state index in [1.54, 1.807) is 54.6 Å². The van der Waals surface area contributed by atoms with Crippen molar-refractivity contribution in [2.45, 2.75) is 19.8 Å². The summed E-state index contributed by atoms with van der Waals surface area (Å²) in [5.74, 6) is -0.0632. The second kappa shape index (κ2) is 8.19. The van der Waals surface area contributed by atoms with Crippen molar-refractivity contribution in [2.75, 3.05) is 5.32 Å². The van der Waals surface area contributed by atoms with Gasteiger partial charge in [0, 0.05) is 21.7 Å². The molecule has 1 amide bonds. The largest absolute Gasteiger partial charge is 0.321 e. The third-order valence-corrected chi connectivity index (χ3v) is 4.59. The van der Waals surface area contributed by atoms with Crippen LogP contribution in [-0.2, 0) is 0 Å². The Morgan fingerprint density at radius 2 is 1.52 bits per heavy atom. The summed E-state index contributed by atoms with van der Waals surface area (Å²) in [5.41, 5.74) is 3.04. The van der Waals surface area contributed by atoms with Gasteiger partial charge in [-0.1, -0.05) is 67.9 Å². The smallest absolute Gasteiger partial charge is 0.255 e. The first-order chi connectivity index (χ1) is 13.0. The van der Waals surface area contributed by atoms with E-state index in [2.05, 4.69) is 19.2 Å². The Morgan fingerprint density at radius 1 is 0.852 bits per heavy atom. The molecule has 0 radical (unpaired) electrons. The second-order valence-electron chi connectivity index (χ2n) is 6.62. The Labute approximate surface area is 164 Å². The van der Waals surface area contributed by atoms with Crippen molar-refractivity contribution in [3.05, 3.63) is 100 Å². The summed E-state index contributed by atoms with van der Waals surface area (Å²) >= 11 is 6.08. The molecule has 3 aromatic carbocycles. The highest BCUT2D eigenvalue weighted by molar-refractivity contribution is 6.31. The van der Waals surface area contributed by atoms with Crippen LogP contribution in [0.1, 0.15) is 51.6 Å². The highest BCUT2D eigenvalue weighted by Gasteiger charge is 2.16. The van der Waals surface area contributed by atoms with Crippen LogP contribution >= 0.6 is 11.6 Å². The zero-order chi connectivity index (χ0) is 19.4. The predicted octanol–water partition coefficient (Wildman–Crippen LogP) is 5.95. The lowest BCUT2D eigenvalue weighted by atomic mass is 10.0. The Bertz CT molecular complexity index is 963. The van der Waals surface area contributed by atoms with Gasteiger partial charge in [-0.05, 0) is 41.8 Å². The lowest BCUT2D eigenvalue weighted by molar-refractivity contribution is 0.102. The molecule has 0 bridgehead atoms. The number of ketones is 1. The lowest BCUT2D eigenvalue weighted by Crippen LogP contribution is -2.15. The van der Waals surface area contributed by atoms with E-state index in [9.17, 15) is 9.59 Å². The number of hydrogen-bond donors (Lipinski definition) is 1. The number of carbonyl (C=O) groups is 2. The van der Waals surface area contributed by atoms with Gasteiger partial charge in [0.1, 0.15) is 0 Å². The van der Waals surface area contributed by atoms with Crippen LogP contribution in [0.4, 0.5) is 5.69 Å². The van der Waals surface area contributed by atoms with Gasteiger partial charge in [-0.2, -0.15) is 0 Å². The van der Waals surface area contributed by atoms with Crippen molar-refractivity contribution in [3.63, 3.8) is 0 Å². The van der Waals surface area contributed by atoms with Crippen LogP contribution in [-0.4, -0.2) is 11.7 Å². The number of carbonyl (C=O) groups excluding carboxylic acids is 2. The van der Waals surface area contributed by atoms with Crippen LogP contribution in [0.3, 0.4) is 0 Å². The van der Waals surface area contributed by atoms with Gasteiger partial charge >= 0.3 is 0 Å². The van der Waals surface area contributed by atoms with Crippen molar-refractivity contribution in [1.29, 1.82) is 0 Å². The molecule has 1 N–H and O–H groups in total. The van der Waals surface area contributed by atoms with Crippen LogP contribution in [0.25, 0.3) is 0 Å². The van der Waals surface area contributed by atoms with Gasteiger partial charge in [0.05, 0.1) is 5.69 Å². The van der Waals surface area contributed by atoms with E-state index in [0.717, 1.165) is 5.56 Å². The SMILES string of the molecule is CC(C)c1ccc(C(=O)Nc2ccc(Cl)cc2C(=O)c2ccccc2)cc1. The zero-order valence-corrected chi connectivity index (χ0v) is 16.0. The monoisotopic (exact) mass is 377 g/mol. The molecule has 0 fully saturated rings. The third-order valence-electron chi connectivity index (χ3n) is 4.35. The van der Waals surface area contributed by atoms with Gasteiger partial charge in [-0.25, -0.2) is 0 Å². The Kier molecular flexibility index (Phi) is 5.72. The average Bonchev–Trinajstić information content (AvgIpc) is 2.69. The van der Waals surface area contributed by atoms with Crippen molar-refractivity contribution >= 4 is 29.0 Å². The third kappa shape index (κ3) is 4.44. The standard InChI is InChI=1S/C23H20ClNO2/c1-15(2)16-8-10-18(11-9-16)23(27)25-21-13-12-19(24)14-20(21)22(26)17-6-4-3-5-7-17/h3-15H,1-2H3,(H,25,27). The number of amides is 1. The minimum atomic E-state index is -0.269. The Balaban J connectivity index is 1.88. The molecule has 0 heterocycles. The molecule has 0 saturated heterocycles. The molecule has 0 aromatic heterocycles. The van der Waals surface area contributed by atoms with E-state index in [0.29, 0.717) is 33.3 Å². The Hall–Kier alpha value is -2.91. The first-order valence-electron chi connectivity index (χ1n) is 8.76. The van der Waals surface area contributed by atoms with E-state index < -0.39 is 0 Å². The molecule has 0 spiro atoms. The topological polar surface area (TPSA) is 46.2 Å². The summed E-state index contributed by atoms with van der Waals surface area (Å²) in [6.45, 7) is 4.20. The molecule has 0 atom stereocenters. The van der Waals surface area contributed by atoms with Gasteiger partial charge in [0.25, 0.3) is 5.91 Å². The lowest BCUT2D eigenvalue weighted by Gasteiger charge is -2.12. The summed E-state index contributed by atoms with van der Waals surface area (Å²) in [6.07, 6.45) is 0.